The minimum Gasteiger partial charge on any atom is -0.476 e. The number of aromatic nitrogens is 2. The Kier molecular flexibility index (Phi) is 9.13. The maximum Gasteiger partial charge on any atom is 0.225 e. The van der Waals surface area contributed by atoms with Crippen LogP contribution < -0.4 is 19.7 Å². The number of halogens is 3. The molecule has 290 valence electrons. The molecule has 7 heterocycles. The molecule has 2 aromatic carbocycles. The predicted octanol–water partition coefficient (Wildman–Crippen LogP) is 8.95. The summed E-state index contributed by atoms with van der Waals surface area (Å²) in [7, 11) is -2.24. The Morgan fingerprint density at radius 2 is 1.82 bits per heavy atom. The zero-order chi connectivity index (χ0) is 38.4. The molecule has 2 bridgehead atoms. The van der Waals surface area contributed by atoms with E-state index in [1.54, 1.807) is 12.1 Å². The molecule has 0 unspecified atom stereocenters. The fourth-order valence-corrected chi connectivity index (χ4v) is 16.5. The second-order valence-electron chi connectivity index (χ2n) is 17.7. The first-order chi connectivity index (χ1) is 26.4. The number of anilines is 1. The normalized spacial score (nSPS) is 26.1. The maximum absolute atomic E-state index is 17.6. The molecule has 0 saturated carbocycles. The van der Waals surface area contributed by atoms with Crippen LogP contribution in [0.3, 0.4) is 0 Å². The third-order valence-corrected chi connectivity index (χ3v) is 20.1. The number of benzene rings is 2. The van der Waals surface area contributed by atoms with Gasteiger partial charge in [-0.3, -0.25) is 4.90 Å². The lowest BCUT2D eigenvalue weighted by Gasteiger charge is -2.41. The van der Waals surface area contributed by atoms with Gasteiger partial charge in [-0.1, -0.05) is 71.7 Å². The van der Waals surface area contributed by atoms with Gasteiger partial charge in [-0.15, -0.1) is 5.54 Å². The molecular formula is C44H52F3N5O2Si. The monoisotopic (exact) mass is 767 g/mol. The number of nitrogens with one attached hydrogen (secondary N) is 1. The van der Waals surface area contributed by atoms with Crippen molar-refractivity contribution in [1.82, 2.24) is 20.2 Å². The van der Waals surface area contributed by atoms with E-state index in [0.717, 1.165) is 49.8 Å². The van der Waals surface area contributed by atoms with Crippen LogP contribution >= 0.6 is 0 Å². The standard InChI is InChI=1S/C44H52F3N5O2Si/c1-25(2)55(26(3)4,27(5)6)18-15-31-33(46)13-11-28-9-7-10-32(38(28)31)41-40(47)42-39-35(52-22-30-12-14-34(48-30)36(52)23-53-43(39)50-41)19-37(49-42)54-24-44-16-8-17-51(44)21-29(45)20-44/h7,9-11,13,19,25-27,29-30,34,36,48H,8,12,14,16-17,20-24H2,1-6H3/t29-,30-,34+,36-,44+/m1/s1. The fraction of sp³-hybridized carbons (Fsp3) is 0.545. The number of fused-ring (bicyclic) bond motifs is 7. The highest BCUT2D eigenvalue weighted by atomic mass is 28.3. The fourth-order valence-electron chi connectivity index (χ4n) is 11.2. The van der Waals surface area contributed by atoms with E-state index in [-0.39, 0.29) is 41.0 Å². The Morgan fingerprint density at radius 1 is 1.02 bits per heavy atom. The van der Waals surface area contributed by atoms with Crippen LogP contribution in [-0.2, 0) is 0 Å². The summed E-state index contributed by atoms with van der Waals surface area (Å²) in [5.41, 5.74) is 6.00. The molecule has 4 aromatic rings. The molecule has 5 atom stereocenters. The average molecular weight is 768 g/mol. The van der Waals surface area contributed by atoms with Gasteiger partial charge in [-0.05, 0) is 60.3 Å². The average Bonchev–Trinajstić information content (AvgIpc) is 3.79. The summed E-state index contributed by atoms with van der Waals surface area (Å²) >= 11 is 0. The zero-order valence-corrected chi connectivity index (χ0v) is 33.8. The SMILES string of the molecule is CC(C)[Si](C#Cc1c(F)ccc2cccc(-c3nc4c5c(cc(OC[C@@]67CCCN6C[C@H](F)C7)nc5c3F)N3C[C@H]5CC[C@H](N5)[C@H]3CO4)c12)(C(C)C)C(C)C. The number of ether oxygens (including phenoxy) is 2. The van der Waals surface area contributed by atoms with Crippen molar-refractivity contribution in [1.29, 1.82) is 0 Å². The Labute approximate surface area is 323 Å². The van der Waals surface area contributed by atoms with E-state index >= 15 is 8.78 Å². The van der Waals surface area contributed by atoms with Crippen LogP contribution in [0.25, 0.3) is 32.9 Å². The summed E-state index contributed by atoms with van der Waals surface area (Å²) in [6.07, 6.45) is 3.48. The van der Waals surface area contributed by atoms with Crippen molar-refractivity contribution in [2.45, 2.75) is 120 Å². The first kappa shape index (κ1) is 36.8. The molecule has 5 aliphatic heterocycles. The lowest BCUT2D eigenvalue weighted by atomic mass is 9.95. The van der Waals surface area contributed by atoms with Crippen LogP contribution in [0.1, 0.15) is 79.2 Å². The zero-order valence-electron chi connectivity index (χ0n) is 32.8. The molecule has 5 aliphatic rings. The van der Waals surface area contributed by atoms with Gasteiger partial charge in [0.2, 0.25) is 11.8 Å². The lowest BCUT2D eigenvalue weighted by molar-refractivity contribution is 0.111. The molecule has 0 aliphatic carbocycles. The number of piperazine rings is 1. The van der Waals surface area contributed by atoms with Crippen LogP contribution in [0.2, 0.25) is 16.6 Å². The minimum absolute atomic E-state index is 0.00444. The maximum atomic E-state index is 17.6. The van der Waals surface area contributed by atoms with Gasteiger partial charge in [0.15, 0.2) is 5.82 Å². The topological polar surface area (TPSA) is 62.8 Å². The van der Waals surface area contributed by atoms with Crippen LogP contribution in [0.15, 0.2) is 36.4 Å². The van der Waals surface area contributed by atoms with Crippen molar-refractivity contribution in [2.75, 3.05) is 37.7 Å². The number of hydrogen-bond donors (Lipinski definition) is 1. The van der Waals surface area contributed by atoms with Crippen molar-refractivity contribution in [2.24, 2.45) is 0 Å². The Balaban J connectivity index is 1.23. The van der Waals surface area contributed by atoms with Crippen LogP contribution in [0.4, 0.5) is 18.9 Å². The lowest BCUT2D eigenvalue weighted by Crippen LogP contribution is -2.59. The second-order valence-corrected chi connectivity index (χ2v) is 23.3. The highest BCUT2D eigenvalue weighted by Crippen LogP contribution is 2.47. The Morgan fingerprint density at radius 3 is 2.60 bits per heavy atom. The number of hydrogen-bond acceptors (Lipinski definition) is 7. The number of rotatable bonds is 7. The third-order valence-electron chi connectivity index (χ3n) is 13.8. The molecule has 11 heteroatoms. The highest BCUT2D eigenvalue weighted by Gasteiger charge is 2.50. The largest absolute Gasteiger partial charge is 0.476 e. The summed E-state index contributed by atoms with van der Waals surface area (Å²) in [6, 6.07) is 11.2. The summed E-state index contributed by atoms with van der Waals surface area (Å²) in [5, 5.41) is 5.53. The van der Waals surface area contributed by atoms with Gasteiger partial charge < -0.3 is 19.7 Å². The molecule has 4 saturated heterocycles. The van der Waals surface area contributed by atoms with Gasteiger partial charge in [0, 0.05) is 48.6 Å². The van der Waals surface area contributed by atoms with Crippen LogP contribution in [-0.4, -0.2) is 85.6 Å². The molecular weight excluding hydrogens is 716 g/mol. The minimum atomic E-state index is -2.24. The van der Waals surface area contributed by atoms with Gasteiger partial charge >= 0.3 is 0 Å². The van der Waals surface area contributed by atoms with Crippen molar-refractivity contribution >= 4 is 35.4 Å². The van der Waals surface area contributed by atoms with Gasteiger partial charge in [-0.2, -0.15) is 0 Å². The quantitative estimate of drug-likeness (QED) is 0.149. The molecule has 7 nitrogen and oxygen atoms in total. The summed E-state index contributed by atoms with van der Waals surface area (Å²) in [6.45, 7) is 16.1. The van der Waals surface area contributed by atoms with E-state index in [1.165, 1.54) is 6.07 Å². The highest BCUT2D eigenvalue weighted by molar-refractivity contribution is 6.90. The summed E-state index contributed by atoms with van der Waals surface area (Å²) in [4.78, 5) is 14.4. The van der Waals surface area contributed by atoms with E-state index in [4.69, 9.17) is 19.4 Å². The molecule has 55 heavy (non-hydrogen) atoms. The van der Waals surface area contributed by atoms with Gasteiger partial charge in [-0.25, -0.2) is 23.1 Å². The van der Waals surface area contributed by atoms with Crippen LogP contribution in [0.5, 0.6) is 11.8 Å². The van der Waals surface area contributed by atoms with E-state index < -0.39 is 25.9 Å². The number of pyridine rings is 2. The first-order valence-corrected chi connectivity index (χ1v) is 22.6. The van der Waals surface area contributed by atoms with Gasteiger partial charge in [0.25, 0.3) is 0 Å². The van der Waals surface area contributed by atoms with Gasteiger partial charge in [0.05, 0.1) is 28.2 Å². The third kappa shape index (κ3) is 5.83. The Hall–Kier alpha value is -3.85. The summed E-state index contributed by atoms with van der Waals surface area (Å²) in [5.74, 6) is 2.90. The molecule has 4 fully saturated rings. The van der Waals surface area contributed by atoms with Crippen molar-refractivity contribution in [3.05, 3.63) is 53.6 Å². The number of nitrogens with zero attached hydrogens (tertiary/aromatic N) is 4. The molecule has 0 spiro atoms. The molecule has 0 radical (unpaired) electrons. The van der Waals surface area contributed by atoms with Gasteiger partial charge in [0.1, 0.15) is 44.5 Å². The summed E-state index contributed by atoms with van der Waals surface area (Å²) < 4.78 is 61.5. The van der Waals surface area contributed by atoms with Crippen LogP contribution in [0, 0.1) is 23.1 Å². The predicted molar refractivity (Wildman–Crippen MR) is 215 cm³/mol. The van der Waals surface area contributed by atoms with E-state index in [0.29, 0.717) is 70.3 Å². The first-order valence-electron chi connectivity index (χ1n) is 20.4. The van der Waals surface area contributed by atoms with E-state index in [2.05, 4.69) is 68.1 Å². The molecule has 9 rings (SSSR count). The smallest absolute Gasteiger partial charge is 0.225 e. The molecule has 0 amide bonds. The van der Waals surface area contributed by atoms with Crippen molar-refractivity contribution in [3.8, 4) is 34.5 Å². The van der Waals surface area contributed by atoms with Crippen molar-refractivity contribution < 1.29 is 22.6 Å². The van der Waals surface area contributed by atoms with Crippen molar-refractivity contribution in [3.63, 3.8) is 0 Å². The van der Waals surface area contributed by atoms with E-state index in [1.807, 2.05) is 18.2 Å². The van der Waals surface area contributed by atoms with E-state index in [9.17, 15) is 4.39 Å². The Bertz CT molecular complexity index is 2220. The molecule has 1 N–H and O–H groups in total. The molecule has 2 aromatic heterocycles. The second kappa shape index (κ2) is 13.7. The number of alkyl halides is 1.